The molecule has 0 aliphatic carbocycles. The number of amidine groups is 1. The standard InChI is InChI=1S/C11H11N3/c12-11(13)9-6-7-14(8-9)10-4-2-1-3-5-10/h1-8H,(H3,12,13). The average molecular weight is 185 g/mol. The quantitative estimate of drug-likeness (QED) is 0.543. The lowest BCUT2D eigenvalue weighted by Crippen LogP contribution is -2.09. The Morgan fingerprint density at radius 1 is 1.14 bits per heavy atom. The first-order chi connectivity index (χ1) is 6.77. The number of nitrogens with one attached hydrogen (secondary N) is 1. The molecule has 0 aliphatic rings. The molecule has 0 atom stereocenters. The van der Waals surface area contributed by atoms with Gasteiger partial charge in [0.2, 0.25) is 0 Å². The third-order valence-electron chi connectivity index (χ3n) is 2.06. The minimum absolute atomic E-state index is 0.0969. The molecule has 3 nitrogen and oxygen atoms in total. The summed E-state index contributed by atoms with van der Waals surface area (Å²) in [5.41, 5.74) is 7.19. The van der Waals surface area contributed by atoms with E-state index in [-0.39, 0.29) is 5.84 Å². The van der Waals surface area contributed by atoms with Crippen molar-refractivity contribution in [1.29, 1.82) is 5.41 Å². The van der Waals surface area contributed by atoms with Crippen LogP contribution >= 0.6 is 0 Å². The van der Waals surface area contributed by atoms with Crippen molar-refractivity contribution in [3.63, 3.8) is 0 Å². The number of hydrogen-bond donors (Lipinski definition) is 2. The third kappa shape index (κ3) is 1.52. The highest BCUT2D eigenvalue weighted by molar-refractivity contribution is 5.94. The van der Waals surface area contributed by atoms with Gasteiger partial charge in [0.15, 0.2) is 0 Å². The summed E-state index contributed by atoms with van der Waals surface area (Å²) in [6.45, 7) is 0. The molecule has 0 amide bonds. The monoisotopic (exact) mass is 185 g/mol. The summed E-state index contributed by atoms with van der Waals surface area (Å²) in [6, 6.07) is 11.8. The molecular formula is C11H11N3. The van der Waals surface area contributed by atoms with Crippen molar-refractivity contribution >= 4 is 5.84 Å². The number of nitrogens with two attached hydrogens (primary N) is 1. The van der Waals surface area contributed by atoms with Gasteiger partial charge < -0.3 is 10.3 Å². The first kappa shape index (κ1) is 8.56. The predicted molar refractivity (Wildman–Crippen MR) is 56.8 cm³/mol. The first-order valence-electron chi connectivity index (χ1n) is 4.35. The van der Waals surface area contributed by atoms with Gasteiger partial charge in [0.05, 0.1) is 0 Å². The molecule has 3 N–H and O–H groups in total. The Morgan fingerprint density at radius 2 is 1.86 bits per heavy atom. The Labute approximate surface area is 82.3 Å². The molecule has 14 heavy (non-hydrogen) atoms. The highest BCUT2D eigenvalue weighted by atomic mass is 14.9. The Balaban J connectivity index is 2.39. The van der Waals surface area contributed by atoms with E-state index in [0.717, 1.165) is 11.3 Å². The van der Waals surface area contributed by atoms with Gasteiger partial charge in [0, 0.05) is 23.6 Å². The van der Waals surface area contributed by atoms with E-state index in [9.17, 15) is 0 Å². The molecule has 0 spiro atoms. The molecule has 0 fully saturated rings. The second-order valence-corrected chi connectivity index (χ2v) is 3.06. The molecule has 3 heteroatoms. The van der Waals surface area contributed by atoms with E-state index in [1.165, 1.54) is 0 Å². The second-order valence-electron chi connectivity index (χ2n) is 3.06. The molecule has 1 aromatic carbocycles. The molecule has 2 rings (SSSR count). The SMILES string of the molecule is N=C(N)c1ccn(-c2ccccc2)c1. The van der Waals surface area contributed by atoms with E-state index in [0.29, 0.717) is 0 Å². The summed E-state index contributed by atoms with van der Waals surface area (Å²) in [5, 5.41) is 7.28. The lowest BCUT2D eigenvalue weighted by molar-refractivity contribution is 1.08. The molecule has 0 bridgehead atoms. The van der Waals surface area contributed by atoms with E-state index >= 15 is 0 Å². The highest BCUT2D eigenvalue weighted by Crippen LogP contribution is 2.09. The minimum Gasteiger partial charge on any atom is -0.384 e. The van der Waals surface area contributed by atoms with E-state index in [2.05, 4.69) is 0 Å². The summed E-state index contributed by atoms with van der Waals surface area (Å²) >= 11 is 0. The van der Waals surface area contributed by atoms with E-state index in [4.69, 9.17) is 11.1 Å². The number of rotatable bonds is 2. The van der Waals surface area contributed by atoms with Gasteiger partial charge in [-0.1, -0.05) is 18.2 Å². The van der Waals surface area contributed by atoms with Crippen molar-refractivity contribution < 1.29 is 0 Å². The van der Waals surface area contributed by atoms with Crippen LogP contribution in [0.25, 0.3) is 5.69 Å². The Hall–Kier alpha value is -2.03. The molecule has 0 saturated carbocycles. The van der Waals surface area contributed by atoms with Crippen LogP contribution in [-0.2, 0) is 0 Å². The van der Waals surface area contributed by atoms with Crippen LogP contribution in [0.4, 0.5) is 0 Å². The summed E-state index contributed by atoms with van der Waals surface area (Å²) in [5.74, 6) is 0.0969. The lowest BCUT2D eigenvalue weighted by atomic mass is 10.3. The average Bonchev–Trinajstić information content (AvgIpc) is 2.68. The van der Waals surface area contributed by atoms with Gasteiger partial charge in [-0.05, 0) is 18.2 Å². The first-order valence-corrected chi connectivity index (χ1v) is 4.35. The van der Waals surface area contributed by atoms with Gasteiger partial charge in [-0.2, -0.15) is 0 Å². The Bertz CT molecular complexity index is 443. The molecular weight excluding hydrogens is 174 g/mol. The third-order valence-corrected chi connectivity index (χ3v) is 2.06. The normalized spacial score (nSPS) is 10.0. The predicted octanol–water partition coefficient (Wildman–Crippen LogP) is 1.76. The van der Waals surface area contributed by atoms with Crippen LogP contribution in [0.5, 0.6) is 0 Å². The second kappa shape index (κ2) is 3.38. The van der Waals surface area contributed by atoms with Gasteiger partial charge >= 0.3 is 0 Å². The molecule has 0 saturated heterocycles. The molecule has 1 aromatic heterocycles. The number of nitrogen functional groups attached to an aromatic ring is 1. The fraction of sp³-hybridized carbons (Fsp3) is 0. The van der Waals surface area contributed by atoms with E-state index in [1.54, 1.807) is 0 Å². The molecule has 1 heterocycles. The zero-order valence-electron chi connectivity index (χ0n) is 7.64. The Kier molecular flexibility index (Phi) is 2.07. The van der Waals surface area contributed by atoms with Crippen molar-refractivity contribution in [3.8, 4) is 5.69 Å². The smallest absolute Gasteiger partial charge is 0.124 e. The minimum atomic E-state index is 0.0969. The maximum atomic E-state index is 7.28. The van der Waals surface area contributed by atoms with Crippen molar-refractivity contribution in [2.24, 2.45) is 5.73 Å². The van der Waals surface area contributed by atoms with Crippen LogP contribution in [0.15, 0.2) is 48.8 Å². The van der Waals surface area contributed by atoms with Gasteiger partial charge in [-0.3, -0.25) is 5.41 Å². The zero-order chi connectivity index (χ0) is 9.97. The van der Waals surface area contributed by atoms with Crippen LogP contribution in [-0.4, -0.2) is 10.4 Å². The number of para-hydroxylation sites is 1. The van der Waals surface area contributed by atoms with Crippen molar-refractivity contribution in [2.45, 2.75) is 0 Å². The van der Waals surface area contributed by atoms with Crippen LogP contribution in [0.2, 0.25) is 0 Å². The van der Waals surface area contributed by atoms with Crippen molar-refractivity contribution in [1.82, 2.24) is 4.57 Å². The van der Waals surface area contributed by atoms with Crippen LogP contribution < -0.4 is 5.73 Å². The van der Waals surface area contributed by atoms with Crippen LogP contribution in [0, 0.1) is 5.41 Å². The fourth-order valence-corrected chi connectivity index (χ4v) is 1.32. The van der Waals surface area contributed by atoms with Gasteiger partial charge in [-0.25, -0.2) is 0 Å². The maximum absolute atomic E-state index is 7.28. The summed E-state index contributed by atoms with van der Waals surface area (Å²) in [4.78, 5) is 0. The fourth-order valence-electron chi connectivity index (χ4n) is 1.32. The van der Waals surface area contributed by atoms with Gasteiger partial charge in [-0.15, -0.1) is 0 Å². The summed E-state index contributed by atoms with van der Waals surface area (Å²) in [7, 11) is 0. The number of benzene rings is 1. The number of nitrogens with zero attached hydrogens (tertiary/aromatic N) is 1. The highest BCUT2D eigenvalue weighted by Gasteiger charge is 1.99. The lowest BCUT2D eigenvalue weighted by Gasteiger charge is -2.00. The number of hydrogen-bond acceptors (Lipinski definition) is 1. The Morgan fingerprint density at radius 3 is 2.43 bits per heavy atom. The topological polar surface area (TPSA) is 54.8 Å². The van der Waals surface area contributed by atoms with Crippen LogP contribution in [0.1, 0.15) is 5.56 Å². The zero-order valence-corrected chi connectivity index (χ0v) is 7.64. The molecule has 0 unspecified atom stereocenters. The van der Waals surface area contributed by atoms with Crippen molar-refractivity contribution in [2.75, 3.05) is 0 Å². The summed E-state index contributed by atoms with van der Waals surface area (Å²) in [6.07, 6.45) is 3.74. The van der Waals surface area contributed by atoms with E-state index in [1.807, 2.05) is 53.4 Å². The molecule has 0 radical (unpaired) electrons. The van der Waals surface area contributed by atoms with Crippen LogP contribution in [0.3, 0.4) is 0 Å². The molecule has 0 aliphatic heterocycles. The van der Waals surface area contributed by atoms with Gasteiger partial charge in [0.25, 0.3) is 0 Å². The van der Waals surface area contributed by atoms with E-state index < -0.39 is 0 Å². The number of aromatic nitrogens is 1. The maximum Gasteiger partial charge on any atom is 0.124 e. The molecule has 2 aromatic rings. The van der Waals surface area contributed by atoms with Gasteiger partial charge in [0.1, 0.15) is 5.84 Å². The summed E-state index contributed by atoms with van der Waals surface area (Å²) < 4.78 is 1.94. The largest absolute Gasteiger partial charge is 0.384 e. The molecule has 70 valence electrons. The van der Waals surface area contributed by atoms with Crippen molar-refractivity contribution in [3.05, 3.63) is 54.4 Å².